The molecule has 0 N–H and O–H groups in total. The number of aromatic nitrogens is 1. The van der Waals surface area contributed by atoms with Crippen LogP contribution in [0.15, 0.2) is 48.5 Å². The molecular weight excluding hydrogens is 410 g/mol. The van der Waals surface area contributed by atoms with Crippen molar-refractivity contribution >= 4 is 45.0 Å². The number of anilines is 1. The number of carbonyl (C=O) groups excluding carboxylic acids is 1. The van der Waals surface area contributed by atoms with E-state index in [-0.39, 0.29) is 18.3 Å². The van der Waals surface area contributed by atoms with Gasteiger partial charge in [0.1, 0.15) is 6.10 Å². The number of benzene rings is 2. The zero-order valence-electron chi connectivity index (χ0n) is 16.6. The Labute approximate surface area is 180 Å². The van der Waals surface area contributed by atoms with Crippen molar-refractivity contribution in [2.75, 3.05) is 32.1 Å². The van der Waals surface area contributed by atoms with Gasteiger partial charge in [-0.3, -0.25) is 9.69 Å². The molecule has 0 fully saturated rings. The van der Waals surface area contributed by atoms with Crippen LogP contribution in [0.5, 0.6) is 11.5 Å². The van der Waals surface area contributed by atoms with Crippen LogP contribution >= 0.6 is 23.7 Å². The molecule has 0 saturated heterocycles. The second-order valence-electron chi connectivity index (χ2n) is 7.07. The summed E-state index contributed by atoms with van der Waals surface area (Å²) < 4.78 is 13.0. The monoisotopic (exact) mass is 433 g/mol. The lowest BCUT2D eigenvalue weighted by Crippen LogP contribution is -2.52. The lowest BCUT2D eigenvalue weighted by atomic mass is 10.1. The van der Waals surface area contributed by atoms with Gasteiger partial charge in [-0.1, -0.05) is 35.6 Å². The fourth-order valence-corrected chi connectivity index (χ4v) is 4.12. The van der Waals surface area contributed by atoms with Crippen LogP contribution in [0.25, 0.3) is 10.2 Å². The number of ether oxygens (including phenoxy) is 2. The molecule has 29 heavy (non-hydrogen) atoms. The Bertz CT molecular complexity index is 961. The number of halogens is 1. The zero-order chi connectivity index (χ0) is 19.7. The maximum Gasteiger partial charge on any atom is 0.273 e. The molecule has 2 unspecified atom stereocenters. The molecule has 1 aromatic heterocycles. The summed E-state index contributed by atoms with van der Waals surface area (Å²) in [5, 5.41) is 0.683. The number of thiazole rings is 1. The van der Waals surface area contributed by atoms with Crippen molar-refractivity contribution < 1.29 is 14.3 Å². The molecule has 8 heteroatoms. The van der Waals surface area contributed by atoms with Crippen molar-refractivity contribution in [3.05, 3.63) is 48.5 Å². The number of amides is 1. The van der Waals surface area contributed by atoms with Crippen molar-refractivity contribution in [2.45, 2.75) is 19.1 Å². The molecule has 0 bridgehead atoms. The molecule has 2 atom stereocenters. The Morgan fingerprint density at radius 2 is 1.69 bits per heavy atom. The third-order valence-corrected chi connectivity index (χ3v) is 5.70. The van der Waals surface area contributed by atoms with Crippen molar-refractivity contribution in [3.8, 4) is 11.5 Å². The molecule has 1 aliphatic rings. The molecule has 154 valence electrons. The largest absolute Gasteiger partial charge is 0.482 e. The lowest BCUT2D eigenvalue weighted by Gasteiger charge is -2.34. The number of fused-ring (bicyclic) bond motifs is 2. The molecule has 1 amide bonds. The zero-order valence-corrected chi connectivity index (χ0v) is 18.2. The van der Waals surface area contributed by atoms with E-state index < -0.39 is 12.2 Å². The van der Waals surface area contributed by atoms with Crippen molar-refractivity contribution in [2.24, 2.45) is 0 Å². The molecule has 6 nitrogen and oxygen atoms in total. The summed E-state index contributed by atoms with van der Waals surface area (Å²) >= 11 is 1.52. The van der Waals surface area contributed by atoms with Crippen molar-refractivity contribution in [1.29, 1.82) is 0 Å². The van der Waals surface area contributed by atoms with E-state index in [1.807, 2.05) is 74.4 Å². The minimum absolute atomic E-state index is 0. The van der Waals surface area contributed by atoms with Crippen molar-refractivity contribution in [3.63, 3.8) is 0 Å². The summed E-state index contributed by atoms with van der Waals surface area (Å²) in [7, 11) is 3.97. The Kier molecular flexibility index (Phi) is 6.62. The molecule has 0 radical (unpaired) electrons. The van der Waals surface area contributed by atoms with Crippen LogP contribution < -0.4 is 14.4 Å². The summed E-state index contributed by atoms with van der Waals surface area (Å²) in [6, 6.07) is 15.3. The molecule has 3 aromatic rings. The normalized spacial score (nSPS) is 17.8. The van der Waals surface area contributed by atoms with Gasteiger partial charge in [-0.25, -0.2) is 4.98 Å². The van der Waals surface area contributed by atoms with Gasteiger partial charge >= 0.3 is 0 Å². The first-order valence-electron chi connectivity index (χ1n) is 9.27. The van der Waals surface area contributed by atoms with Crippen LogP contribution in [0, 0.1) is 0 Å². The number of para-hydroxylation sites is 3. The first-order valence-corrected chi connectivity index (χ1v) is 10.1. The van der Waals surface area contributed by atoms with Gasteiger partial charge in [-0.15, -0.1) is 12.4 Å². The second-order valence-corrected chi connectivity index (χ2v) is 8.07. The van der Waals surface area contributed by atoms with E-state index in [9.17, 15) is 4.79 Å². The van der Waals surface area contributed by atoms with Gasteiger partial charge < -0.3 is 14.4 Å². The number of rotatable bonds is 5. The summed E-state index contributed by atoms with van der Waals surface area (Å²) in [6.45, 7) is 3.11. The van der Waals surface area contributed by atoms with Gasteiger partial charge in [0.25, 0.3) is 5.91 Å². The Hall–Kier alpha value is -2.35. The van der Waals surface area contributed by atoms with Gasteiger partial charge in [-0.05, 0) is 45.3 Å². The second kappa shape index (κ2) is 8.98. The van der Waals surface area contributed by atoms with Gasteiger partial charge in [0.05, 0.1) is 10.2 Å². The predicted octanol–water partition coefficient (Wildman–Crippen LogP) is 3.84. The van der Waals surface area contributed by atoms with Crippen LogP contribution in [-0.2, 0) is 4.79 Å². The minimum Gasteiger partial charge on any atom is -0.482 e. The average Bonchev–Trinajstić information content (AvgIpc) is 3.11. The summed E-state index contributed by atoms with van der Waals surface area (Å²) in [5.41, 5.74) is 0.893. The lowest BCUT2D eigenvalue weighted by molar-refractivity contribution is -0.130. The van der Waals surface area contributed by atoms with Crippen LogP contribution in [0.2, 0.25) is 0 Å². The van der Waals surface area contributed by atoms with E-state index >= 15 is 0 Å². The van der Waals surface area contributed by atoms with E-state index in [4.69, 9.17) is 9.47 Å². The predicted molar refractivity (Wildman–Crippen MR) is 119 cm³/mol. The molecule has 4 rings (SSSR count). The molecule has 0 spiro atoms. The average molecular weight is 434 g/mol. The Balaban J connectivity index is 0.00000240. The Morgan fingerprint density at radius 3 is 2.38 bits per heavy atom. The third-order valence-electron chi connectivity index (χ3n) is 4.64. The molecule has 0 saturated carbocycles. The minimum atomic E-state index is -0.718. The van der Waals surface area contributed by atoms with E-state index in [0.717, 1.165) is 16.8 Å². The molecule has 2 heterocycles. The molecule has 0 aliphatic carbocycles. The highest BCUT2D eigenvalue weighted by atomic mass is 35.5. The van der Waals surface area contributed by atoms with Crippen LogP contribution in [0.3, 0.4) is 0 Å². The highest BCUT2D eigenvalue weighted by Gasteiger charge is 2.38. The highest BCUT2D eigenvalue weighted by Crippen LogP contribution is 2.35. The number of hydrogen-bond acceptors (Lipinski definition) is 6. The van der Waals surface area contributed by atoms with Crippen LogP contribution in [0.1, 0.15) is 6.92 Å². The SMILES string of the molecule is CC1Oc2ccccc2OC1C(=O)N(CCN(C)C)c1nc2ccccc2s1.Cl. The van der Waals surface area contributed by atoms with E-state index in [1.165, 1.54) is 11.3 Å². The fourth-order valence-electron chi connectivity index (χ4n) is 3.12. The summed E-state index contributed by atoms with van der Waals surface area (Å²) in [4.78, 5) is 21.9. The van der Waals surface area contributed by atoms with E-state index in [0.29, 0.717) is 23.2 Å². The number of hydrogen-bond donors (Lipinski definition) is 0. The first-order chi connectivity index (χ1) is 13.5. The quantitative estimate of drug-likeness (QED) is 0.611. The Morgan fingerprint density at radius 1 is 1.03 bits per heavy atom. The standard InChI is InChI=1S/C21H23N3O3S.ClH/c1-14-19(27-17-10-6-5-9-16(17)26-14)20(25)24(13-12-23(2)3)21-22-15-8-4-7-11-18(15)28-21;/h4-11,14,19H,12-13H2,1-3H3;1H. The number of likely N-dealkylation sites (N-methyl/N-ethyl adjacent to an activating group) is 1. The summed E-state index contributed by atoms with van der Waals surface area (Å²) in [5.74, 6) is 1.12. The highest BCUT2D eigenvalue weighted by molar-refractivity contribution is 7.22. The first kappa shape index (κ1) is 21.4. The smallest absolute Gasteiger partial charge is 0.273 e. The molecule has 1 aliphatic heterocycles. The molecular formula is C21H24ClN3O3S. The fraction of sp³-hybridized carbons (Fsp3) is 0.333. The van der Waals surface area contributed by atoms with Gasteiger partial charge in [0.2, 0.25) is 6.10 Å². The van der Waals surface area contributed by atoms with Gasteiger partial charge in [0.15, 0.2) is 16.6 Å². The summed E-state index contributed by atoms with van der Waals surface area (Å²) in [6.07, 6.45) is -1.11. The number of nitrogens with zero attached hydrogens (tertiary/aromatic N) is 3. The van der Waals surface area contributed by atoms with Gasteiger partial charge in [0, 0.05) is 13.1 Å². The van der Waals surface area contributed by atoms with Gasteiger partial charge in [-0.2, -0.15) is 0 Å². The maximum absolute atomic E-state index is 13.5. The van der Waals surface area contributed by atoms with Crippen molar-refractivity contribution in [1.82, 2.24) is 9.88 Å². The number of carbonyl (C=O) groups is 1. The maximum atomic E-state index is 13.5. The van der Waals surface area contributed by atoms with E-state index in [2.05, 4.69) is 4.98 Å². The topological polar surface area (TPSA) is 54.9 Å². The van der Waals surface area contributed by atoms with Crippen LogP contribution in [0.4, 0.5) is 5.13 Å². The third kappa shape index (κ3) is 4.47. The van der Waals surface area contributed by atoms with E-state index in [1.54, 1.807) is 4.90 Å². The molecule has 2 aromatic carbocycles. The van der Waals surface area contributed by atoms with Crippen LogP contribution in [-0.4, -0.2) is 55.2 Å².